The Balaban J connectivity index is 2.68. The van der Waals surface area contributed by atoms with Crippen molar-refractivity contribution in [3.05, 3.63) is 0 Å². The molecule has 16 heavy (non-hydrogen) atoms. The summed E-state index contributed by atoms with van der Waals surface area (Å²) < 4.78 is 0. The maximum atomic E-state index is 11.8. The van der Waals surface area contributed by atoms with Gasteiger partial charge >= 0.3 is 5.97 Å². The summed E-state index contributed by atoms with van der Waals surface area (Å²) in [4.78, 5) is 24.0. The Morgan fingerprint density at radius 3 is 2.38 bits per heavy atom. The number of rotatable bonds is 4. The van der Waals surface area contributed by atoms with Crippen molar-refractivity contribution in [1.82, 2.24) is 4.90 Å². The van der Waals surface area contributed by atoms with Crippen LogP contribution in [0.1, 0.15) is 39.0 Å². The van der Waals surface area contributed by atoms with E-state index in [4.69, 9.17) is 10.8 Å². The number of aliphatic carboxylic acids is 1. The number of carbonyl (C=O) groups excluding carboxylic acids is 1. The molecule has 0 bridgehead atoms. The highest BCUT2D eigenvalue weighted by atomic mass is 16.4. The first-order chi connectivity index (χ1) is 7.52. The van der Waals surface area contributed by atoms with E-state index in [2.05, 4.69) is 0 Å². The molecule has 0 unspecified atom stereocenters. The minimum Gasteiger partial charge on any atom is -0.480 e. The topological polar surface area (TPSA) is 83.6 Å². The fourth-order valence-electron chi connectivity index (χ4n) is 2.19. The summed E-state index contributed by atoms with van der Waals surface area (Å²) in [6.45, 7) is 1.37. The molecule has 92 valence electrons. The van der Waals surface area contributed by atoms with Gasteiger partial charge in [0.05, 0.1) is 6.04 Å². The Bertz CT molecular complexity index is 260. The molecule has 1 saturated carbocycles. The molecule has 1 rings (SSSR count). The van der Waals surface area contributed by atoms with Crippen LogP contribution >= 0.6 is 0 Å². The number of hydrogen-bond acceptors (Lipinski definition) is 3. The first kappa shape index (κ1) is 13.0. The third kappa shape index (κ3) is 3.48. The van der Waals surface area contributed by atoms with Gasteiger partial charge in [-0.05, 0) is 19.8 Å². The lowest BCUT2D eigenvalue weighted by atomic mass is 9.94. The second-order valence-corrected chi connectivity index (χ2v) is 4.44. The predicted molar refractivity (Wildman–Crippen MR) is 59.9 cm³/mol. The van der Waals surface area contributed by atoms with Crippen molar-refractivity contribution in [2.24, 2.45) is 5.73 Å². The molecular weight excluding hydrogens is 208 g/mol. The molecule has 0 aliphatic heterocycles. The van der Waals surface area contributed by atoms with Gasteiger partial charge in [-0.15, -0.1) is 0 Å². The molecule has 1 aliphatic carbocycles. The van der Waals surface area contributed by atoms with Crippen molar-refractivity contribution < 1.29 is 14.7 Å². The normalized spacial score (nSPS) is 19.1. The van der Waals surface area contributed by atoms with E-state index in [9.17, 15) is 9.59 Å². The van der Waals surface area contributed by atoms with Crippen LogP contribution in [-0.4, -0.2) is 40.5 Å². The number of nitrogens with zero attached hydrogens (tertiary/aromatic N) is 1. The van der Waals surface area contributed by atoms with Crippen LogP contribution in [0, 0.1) is 0 Å². The first-order valence-electron chi connectivity index (χ1n) is 5.80. The Hall–Kier alpha value is -1.10. The van der Waals surface area contributed by atoms with E-state index in [1.54, 1.807) is 6.92 Å². The lowest BCUT2D eigenvalue weighted by Gasteiger charge is -2.34. The average Bonchev–Trinajstić information content (AvgIpc) is 2.26. The molecule has 3 N–H and O–H groups in total. The Kier molecular flexibility index (Phi) is 4.73. The van der Waals surface area contributed by atoms with Crippen molar-refractivity contribution in [3.63, 3.8) is 0 Å². The summed E-state index contributed by atoms with van der Waals surface area (Å²) in [5, 5.41) is 8.81. The van der Waals surface area contributed by atoms with Gasteiger partial charge in [0.1, 0.15) is 6.54 Å². The lowest BCUT2D eigenvalue weighted by molar-refractivity contribution is -0.147. The minimum atomic E-state index is -0.973. The number of carbonyl (C=O) groups is 2. The summed E-state index contributed by atoms with van der Waals surface area (Å²) in [7, 11) is 0. The van der Waals surface area contributed by atoms with E-state index in [0.717, 1.165) is 25.7 Å². The number of nitrogens with two attached hydrogens (primary N) is 1. The van der Waals surface area contributed by atoms with Gasteiger partial charge in [-0.2, -0.15) is 0 Å². The second kappa shape index (κ2) is 5.84. The largest absolute Gasteiger partial charge is 0.480 e. The zero-order chi connectivity index (χ0) is 12.1. The highest BCUT2D eigenvalue weighted by molar-refractivity contribution is 5.85. The molecule has 5 nitrogen and oxygen atoms in total. The second-order valence-electron chi connectivity index (χ2n) is 4.44. The van der Waals surface area contributed by atoms with Gasteiger partial charge in [-0.25, -0.2) is 0 Å². The van der Waals surface area contributed by atoms with Crippen molar-refractivity contribution in [1.29, 1.82) is 0 Å². The molecule has 0 aromatic carbocycles. The molecule has 0 radical (unpaired) electrons. The summed E-state index contributed by atoms with van der Waals surface area (Å²) >= 11 is 0. The molecular formula is C11H20N2O3. The molecule has 0 saturated heterocycles. The maximum absolute atomic E-state index is 11.8. The van der Waals surface area contributed by atoms with Crippen LogP contribution in [0.25, 0.3) is 0 Å². The quantitative estimate of drug-likeness (QED) is 0.737. The van der Waals surface area contributed by atoms with E-state index in [0.29, 0.717) is 0 Å². The van der Waals surface area contributed by atoms with Gasteiger partial charge in [0, 0.05) is 6.04 Å². The third-order valence-electron chi connectivity index (χ3n) is 2.99. The monoisotopic (exact) mass is 228 g/mol. The number of carboxylic acids is 1. The lowest BCUT2D eigenvalue weighted by Crippen LogP contribution is -2.50. The molecule has 0 aromatic heterocycles. The predicted octanol–water partition coefficient (Wildman–Crippen LogP) is 0.579. The molecule has 1 atom stereocenters. The molecule has 1 aliphatic rings. The number of carboxylic acid groups (broad SMARTS) is 1. The highest BCUT2D eigenvalue weighted by Crippen LogP contribution is 2.22. The molecule has 5 heteroatoms. The van der Waals surface area contributed by atoms with Crippen molar-refractivity contribution in [3.8, 4) is 0 Å². The first-order valence-corrected chi connectivity index (χ1v) is 5.80. The van der Waals surface area contributed by atoms with Crippen LogP contribution in [0.5, 0.6) is 0 Å². The van der Waals surface area contributed by atoms with Gasteiger partial charge in [-0.1, -0.05) is 19.3 Å². The van der Waals surface area contributed by atoms with E-state index in [1.165, 1.54) is 11.3 Å². The standard InChI is InChI=1S/C11H20N2O3/c1-8(12)11(16)13(7-10(14)15)9-5-3-2-4-6-9/h8-9H,2-7,12H2,1H3,(H,14,15)/t8-/m0/s1. The zero-order valence-corrected chi connectivity index (χ0v) is 9.69. The van der Waals surface area contributed by atoms with Crippen LogP contribution in [0.4, 0.5) is 0 Å². The Morgan fingerprint density at radius 1 is 1.38 bits per heavy atom. The van der Waals surface area contributed by atoms with Crippen LogP contribution < -0.4 is 5.73 Å². The van der Waals surface area contributed by atoms with Crippen LogP contribution in [0.2, 0.25) is 0 Å². The van der Waals surface area contributed by atoms with E-state index in [-0.39, 0.29) is 18.5 Å². The van der Waals surface area contributed by atoms with Gasteiger partial charge in [0.2, 0.25) is 5.91 Å². The average molecular weight is 228 g/mol. The summed E-state index contributed by atoms with van der Waals surface area (Å²) in [6, 6.07) is -0.565. The Labute approximate surface area is 95.6 Å². The summed E-state index contributed by atoms with van der Waals surface area (Å²) in [6.07, 6.45) is 5.08. The summed E-state index contributed by atoms with van der Waals surface area (Å²) in [5.74, 6) is -1.23. The number of hydrogen-bond donors (Lipinski definition) is 2. The molecule has 1 amide bonds. The van der Waals surface area contributed by atoms with Crippen molar-refractivity contribution in [2.45, 2.75) is 51.1 Å². The molecule has 0 heterocycles. The van der Waals surface area contributed by atoms with Crippen molar-refractivity contribution >= 4 is 11.9 Å². The molecule has 1 fully saturated rings. The SMILES string of the molecule is C[C@H](N)C(=O)N(CC(=O)O)C1CCCCC1. The van der Waals surface area contributed by atoms with Crippen LogP contribution in [-0.2, 0) is 9.59 Å². The minimum absolute atomic E-state index is 0.0587. The smallest absolute Gasteiger partial charge is 0.323 e. The molecule has 0 spiro atoms. The molecule has 0 aromatic rings. The fraction of sp³-hybridized carbons (Fsp3) is 0.818. The van der Waals surface area contributed by atoms with Gasteiger partial charge in [-0.3, -0.25) is 9.59 Å². The number of amides is 1. The van der Waals surface area contributed by atoms with E-state index < -0.39 is 12.0 Å². The van der Waals surface area contributed by atoms with Gasteiger partial charge in [0.25, 0.3) is 0 Å². The maximum Gasteiger partial charge on any atom is 0.323 e. The van der Waals surface area contributed by atoms with E-state index in [1.807, 2.05) is 0 Å². The summed E-state index contributed by atoms with van der Waals surface area (Å²) in [5.41, 5.74) is 5.54. The van der Waals surface area contributed by atoms with E-state index >= 15 is 0 Å². The van der Waals surface area contributed by atoms with Gasteiger partial charge < -0.3 is 15.7 Å². The fourth-order valence-corrected chi connectivity index (χ4v) is 2.19. The van der Waals surface area contributed by atoms with Crippen LogP contribution in [0.15, 0.2) is 0 Å². The Morgan fingerprint density at radius 2 is 1.94 bits per heavy atom. The van der Waals surface area contributed by atoms with Crippen molar-refractivity contribution in [2.75, 3.05) is 6.54 Å². The highest BCUT2D eigenvalue weighted by Gasteiger charge is 2.28. The zero-order valence-electron chi connectivity index (χ0n) is 9.69. The van der Waals surface area contributed by atoms with Gasteiger partial charge in [0.15, 0.2) is 0 Å². The van der Waals surface area contributed by atoms with Crippen LogP contribution in [0.3, 0.4) is 0 Å². The third-order valence-corrected chi connectivity index (χ3v) is 2.99.